The number of aromatic nitrogens is 2. The van der Waals surface area contributed by atoms with Crippen molar-refractivity contribution < 1.29 is 18.7 Å². The number of rotatable bonds is 4. The van der Waals surface area contributed by atoms with Crippen molar-refractivity contribution in [1.82, 2.24) is 9.78 Å². The van der Waals surface area contributed by atoms with Crippen LogP contribution < -0.4 is 10.6 Å². The van der Waals surface area contributed by atoms with E-state index in [0.717, 1.165) is 5.56 Å². The average Bonchev–Trinajstić information content (AvgIpc) is 3.01. The minimum Gasteiger partial charge on any atom is -0.444 e. The molecule has 0 aliphatic rings. The fraction of sp³-hybridized carbons (Fsp3) is 0.227. The van der Waals surface area contributed by atoms with E-state index >= 15 is 0 Å². The van der Waals surface area contributed by atoms with E-state index in [4.69, 9.17) is 4.74 Å². The number of nitrogens with one attached hydrogen (secondary N) is 2. The summed E-state index contributed by atoms with van der Waals surface area (Å²) in [4.78, 5) is 24.2. The lowest BCUT2D eigenvalue weighted by Crippen LogP contribution is -2.27. The van der Waals surface area contributed by atoms with Crippen molar-refractivity contribution in [3.8, 4) is 11.3 Å². The van der Waals surface area contributed by atoms with Crippen molar-refractivity contribution in [3.05, 3.63) is 66.0 Å². The molecular formula is C22H23FN4O3. The maximum Gasteiger partial charge on any atom is 0.412 e. The van der Waals surface area contributed by atoms with Crippen LogP contribution in [0.5, 0.6) is 0 Å². The molecule has 2 amide bonds. The number of carbonyl (C=O) groups is 2. The molecule has 0 aliphatic heterocycles. The first-order chi connectivity index (χ1) is 14.1. The average molecular weight is 410 g/mol. The largest absolute Gasteiger partial charge is 0.444 e. The number of anilines is 2. The Kier molecular flexibility index (Phi) is 5.86. The third kappa shape index (κ3) is 5.22. The van der Waals surface area contributed by atoms with Gasteiger partial charge in [-0.25, -0.2) is 9.18 Å². The molecule has 1 aromatic heterocycles. The van der Waals surface area contributed by atoms with Gasteiger partial charge in [0.15, 0.2) is 0 Å². The Morgan fingerprint density at radius 3 is 2.33 bits per heavy atom. The standard InChI is InChI=1S/C22H23FN4O3/c1-22(2,3)30-21(29)24-15-11-9-14(10-12-15)18-13-19(27(4)26-18)25-20(28)16-7-5-6-8-17(16)23/h5-13H,1-4H3,(H,24,29)(H,25,28). The van der Waals surface area contributed by atoms with Gasteiger partial charge in [0.05, 0.1) is 11.3 Å². The number of hydrogen-bond acceptors (Lipinski definition) is 4. The zero-order valence-corrected chi connectivity index (χ0v) is 17.2. The molecule has 0 saturated heterocycles. The van der Waals surface area contributed by atoms with Crippen molar-refractivity contribution in [2.75, 3.05) is 10.6 Å². The number of aryl methyl sites for hydroxylation is 1. The van der Waals surface area contributed by atoms with Crippen molar-refractivity contribution >= 4 is 23.5 Å². The molecule has 1 heterocycles. The maximum absolute atomic E-state index is 13.8. The zero-order valence-electron chi connectivity index (χ0n) is 17.2. The number of benzene rings is 2. The molecular weight excluding hydrogens is 387 g/mol. The molecule has 2 aromatic carbocycles. The summed E-state index contributed by atoms with van der Waals surface area (Å²) >= 11 is 0. The highest BCUT2D eigenvalue weighted by atomic mass is 19.1. The third-order valence-corrected chi connectivity index (χ3v) is 4.07. The fourth-order valence-corrected chi connectivity index (χ4v) is 2.70. The van der Waals surface area contributed by atoms with E-state index in [1.807, 2.05) is 0 Å². The minimum absolute atomic E-state index is 0.0437. The van der Waals surface area contributed by atoms with E-state index in [2.05, 4.69) is 15.7 Å². The van der Waals surface area contributed by atoms with Gasteiger partial charge in [0, 0.05) is 24.4 Å². The van der Waals surface area contributed by atoms with Gasteiger partial charge in [0.1, 0.15) is 17.2 Å². The van der Waals surface area contributed by atoms with E-state index in [1.54, 1.807) is 64.2 Å². The number of carbonyl (C=O) groups excluding carboxylic acids is 2. The van der Waals surface area contributed by atoms with E-state index in [9.17, 15) is 14.0 Å². The molecule has 0 spiro atoms. The minimum atomic E-state index is -0.592. The second-order valence-corrected chi connectivity index (χ2v) is 7.68. The van der Waals surface area contributed by atoms with Gasteiger partial charge in [-0.2, -0.15) is 5.10 Å². The molecule has 0 atom stereocenters. The molecule has 0 unspecified atom stereocenters. The third-order valence-electron chi connectivity index (χ3n) is 4.07. The normalized spacial score (nSPS) is 11.1. The first kappa shape index (κ1) is 21.0. The van der Waals surface area contributed by atoms with E-state index in [0.29, 0.717) is 17.2 Å². The van der Waals surface area contributed by atoms with Gasteiger partial charge in [0.25, 0.3) is 5.91 Å². The predicted molar refractivity (Wildman–Crippen MR) is 113 cm³/mol. The summed E-state index contributed by atoms with van der Waals surface area (Å²) < 4.78 is 20.5. The molecule has 0 bridgehead atoms. The molecule has 30 heavy (non-hydrogen) atoms. The SMILES string of the molecule is Cn1nc(-c2ccc(NC(=O)OC(C)(C)C)cc2)cc1NC(=O)c1ccccc1F. The summed E-state index contributed by atoms with van der Waals surface area (Å²) in [5, 5.41) is 9.71. The topological polar surface area (TPSA) is 85.2 Å². The molecule has 0 aliphatic carbocycles. The van der Waals surface area contributed by atoms with Crippen molar-refractivity contribution in [2.24, 2.45) is 7.05 Å². The molecule has 8 heteroatoms. The molecule has 7 nitrogen and oxygen atoms in total. The summed E-state index contributed by atoms with van der Waals surface area (Å²) in [6.07, 6.45) is -0.536. The molecule has 2 N–H and O–H groups in total. The van der Waals surface area contributed by atoms with Gasteiger partial charge < -0.3 is 10.1 Å². The molecule has 0 radical (unpaired) electrons. The van der Waals surface area contributed by atoms with Gasteiger partial charge in [-0.3, -0.25) is 14.8 Å². The molecule has 3 aromatic rings. The first-order valence-electron chi connectivity index (χ1n) is 9.33. The van der Waals surface area contributed by atoms with Crippen molar-refractivity contribution in [3.63, 3.8) is 0 Å². The van der Waals surface area contributed by atoms with Crippen molar-refractivity contribution in [1.29, 1.82) is 0 Å². The quantitative estimate of drug-likeness (QED) is 0.645. The van der Waals surface area contributed by atoms with Gasteiger partial charge in [-0.05, 0) is 45.0 Å². The van der Waals surface area contributed by atoms with Crippen LogP contribution in [0.4, 0.5) is 20.7 Å². The second-order valence-electron chi connectivity index (χ2n) is 7.68. The highest BCUT2D eigenvalue weighted by molar-refractivity contribution is 6.04. The Balaban J connectivity index is 1.71. The van der Waals surface area contributed by atoms with Gasteiger partial charge in [-0.1, -0.05) is 24.3 Å². The first-order valence-corrected chi connectivity index (χ1v) is 9.33. The maximum atomic E-state index is 13.8. The smallest absolute Gasteiger partial charge is 0.412 e. The van der Waals surface area contributed by atoms with Gasteiger partial charge in [0.2, 0.25) is 0 Å². The van der Waals surface area contributed by atoms with E-state index < -0.39 is 23.4 Å². The lowest BCUT2D eigenvalue weighted by Gasteiger charge is -2.19. The highest BCUT2D eigenvalue weighted by Gasteiger charge is 2.17. The van der Waals surface area contributed by atoms with Crippen molar-refractivity contribution in [2.45, 2.75) is 26.4 Å². The molecule has 156 valence electrons. The number of nitrogens with zero attached hydrogens (tertiary/aromatic N) is 2. The van der Waals surface area contributed by atoms with Crippen LogP contribution in [0.3, 0.4) is 0 Å². The lowest BCUT2D eigenvalue weighted by molar-refractivity contribution is 0.0635. The van der Waals surface area contributed by atoms with Gasteiger partial charge >= 0.3 is 6.09 Å². The number of hydrogen-bond donors (Lipinski definition) is 2. The summed E-state index contributed by atoms with van der Waals surface area (Å²) in [5.41, 5.74) is 1.35. The van der Waals surface area contributed by atoms with E-state index in [-0.39, 0.29) is 5.56 Å². The molecule has 3 rings (SSSR count). The van der Waals surface area contributed by atoms with Crippen LogP contribution in [0.1, 0.15) is 31.1 Å². The zero-order chi connectivity index (χ0) is 21.9. The van der Waals surface area contributed by atoms with Crippen LogP contribution in [0.2, 0.25) is 0 Å². The Bertz CT molecular complexity index is 1070. The summed E-state index contributed by atoms with van der Waals surface area (Å²) in [7, 11) is 1.68. The van der Waals surface area contributed by atoms with Crippen LogP contribution in [0, 0.1) is 5.82 Å². The van der Waals surface area contributed by atoms with Crippen LogP contribution >= 0.6 is 0 Å². The predicted octanol–water partition coefficient (Wildman–Crippen LogP) is 4.83. The van der Waals surface area contributed by atoms with Gasteiger partial charge in [-0.15, -0.1) is 0 Å². The number of halogens is 1. The van der Waals surface area contributed by atoms with Crippen LogP contribution in [0.25, 0.3) is 11.3 Å². The lowest BCUT2D eigenvalue weighted by atomic mass is 10.1. The Morgan fingerprint density at radius 1 is 1.03 bits per heavy atom. The molecule has 0 fully saturated rings. The Morgan fingerprint density at radius 2 is 1.70 bits per heavy atom. The Labute approximate surface area is 173 Å². The van der Waals surface area contributed by atoms with Crippen LogP contribution in [0.15, 0.2) is 54.6 Å². The monoisotopic (exact) mass is 410 g/mol. The Hall–Kier alpha value is -3.68. The number of amides is 2. The van der Waals surface area contributed by atoms with Crippen LogP contribution in [-0.2, 0) is 11.8 Å². The summed E-state index contributed by atoms with van der Waals surface area (Å²) in [5.74, 6) is -0.723. The second kappa shape index (κ2) is 8.36. The van der Waals surface area contributed by atoms with E-state index in [1.165, 1.54) is 22.9 Å². The van der Waals surface area contributed by atoms with Crippen LogP contribution in [-0.4, -0.2) is 27.4 Å². The summed E-state index contributed by atoms with van der Waals surface area (Å²) in [6, 6.07) is 14.5. The summed E-state index contributed by atoms with van der Waals surface area (Å²) in [6.45, 7) is 5.37. The number of ether oxygens (including phenoxy) is 1. The fourth-order valence-electron chi connectivity index (χ4n) is 2.70. The highest BCUT2D eigenvalue weighted by Crippen LogP contribution is 2.24. The molecule has 0 saturated carbocycles.